The lowest BCUT2D eigenvalue weighted by Crippen LogP contribution is -2.41. The second kappa shape index (κ2) is 9.20. The number of amides is 2. The van der Waals surface area contributed by atoms with E-state index in [1.807, 2.05) is 32.0 Å². The highest BCUT2D eigenvalue weighted by Gasteiger charge is 2.38. The highest BCUT2D eigenvalue weighted by Crippen LogP contribution is 2.29. The fourth-order valence-electron chi connectivity index (χ4n) is 4.01. The van der Waals surface area contributed by atoms with Crippen LogP contribution in [-0.2, 0) is 24.3 Å². The van der Waals surface area contributed by atoms with Crippen molar-refractivity contribution in [2.75, 3.05) is 43.1 Å². The van der Waals surface area contributed by atoms with Crippen LogP contribution in [0.25, 0.3) is 0 Å². The Morgan fingerprint density at radius 1 is 1.06 bits per heavy atom. The summed E-state index contributed by atoms with van der Waals surface area (Å²) in [5.74, 6) is -2.68. The molecule has 33 heavy (non-hydrogen) atoms. The number of sulfonamides is 1. The van der Waals surface area contributed by atoms with Gasteiger partial charge in [-0.2, -0.15) is 4.31 Å². The molecule has 0 unspecified atom stereocenters. The topological polar surface area (TPSA) is 96.0 Å². The SMILES string of the molecule is Cc1ccc(N2CC[C@@H](C(=O)Nc3ccc(F)c(S(=O)(=O)N4CCOCC4)c3)C2=O)cc1C. The van der Waals surface area contributed by atoms with E-state index in [2.05, 4.69) is 5.32 Å². The molecule has 0 saturated carbocycles. The van der Waals surface area contributed by atoms with E-state index in [4.69, 9.17) is 4.74 Å². The van der Waals surface area contributed by atoms with Crippen molar-refractivity contribution < 1.29 is 27.1 Å². The number of anilines is 2. The molecule has 2 aromatic carbocycles. The van der Waals surface area contributed by atoms with Gasteiger partial charge in [0.25, 0.3) is 0 Å². The van der Waals surface area contributed by atoms with Crippen molar-refractivity contribution in [2.45, 2.75) is 25.2 Å². The number of nitrogens with one attached hydrogen (secondary N) is 1. The van der Waals surface area contributed by atoms with Crippen LogP contribution in [0.15, 0.2) is 41.3 Å². The van der Waals surface area contributed by atoms with Gasteiger partial charge < -0.3 is 15.0 Å². The van der Waals surface area contributed by atoms with Crippen LogP contribution in [0.5, 0.6) is 0 Å². The first kappa shape index (κ1) is 23.3. The molecule has 0 aliphatic carbocycles. The van der Waals surface area contributed by atoms with E-state index >= 15 is 0 Å². The summed E-state index contributed by atoms with van der Waals surface area (Å²) in [5.41, 5.74) is 3.01. The average Bonchev–Trinajstić information content (AvgIpc) is 3.19. The minimum absolute atomic E-state index is 0.116. The van der Waals surface area contributed by atoms with Gasteiger partial charge in [-0.15, -0.1) is 0 Å². The van der Waals surface area contributed by atoms with Gasteiger partial charge >= 0.3 is 0 Å². The Hall–Kier alpha value is -2.82. The number of morpholine rings is 1. The molecular formula is C23H26FN3O5S. The third-order valence-corrected chi connectivity index (χ3v) is 8.02. The number of hydrogen-bond donors (Lipinski definition) is 1. The Morgan fingerprint density at radius 2 is 1.79 bits per heavy atom. The molecular weight excluding hydrogens is 449 g/mol. The molecule has 2 fully saturated rings. The van der Waals surface area contributed by atoms with Crippen LogP contribution < -0.4 is 10.2 Å². The normalized spacial score (nSPS) is 19.7. The second-order valence-electron chi connectivity index (χ2n) is 8.25. The van der Waals surface area contributed by atoms with Gasteiger partial charge in [0.2, 0.25) is 21.8 Å². The maximum absolute atomic E-state index is 14.4. The molecule has 2 saturated heterocycles. The predicted molar refractivity (Wildman–Crippen MR) is 121 cm³/mol. The van der Waals surface area contributed by atoms with E-state index in [0.29, 0.717) is 13.0 Å². The molecule has 0 aromatic heterocycles. The number of benzene rings is 2. The van der Waals surface area contributed by atoms with Crippen molar-refractivity contribution in [1.29, 1.82) is 0 Å². The molecule has 2 aliphatic rings. The molecule has 2 aliphatic heterocycles. The zero-order valence-electron chi connectivity index (χ0n) is 18.5. The smallest absolute Gasteiger partial charge is 0.246 e. The van der Waals surface area contributed by atoms with E-state index in [0.717, 1.165) is 33.3 Å². The first-order chi connectivity index (χ1) is 15.7. The molecule has 0 radical (unpaired) electrons. The average molecular weight is 476 g/mol. The standard InChI is InChI=1S/C23H26FN3O5S/c1-15-3-5-18(13-16(15)2)27-8-7-19(23(27)29)22(28)25-17-4-6-20(24)21(14-17)33(30,31)26-9-11-32-12-10-26/h3-6,13-14,19H,7-12H2,1-2H3,(H,25,28)/t19-/m0/s1. The van der Waals surface area contributed by atoms with Crippen molar-refractivity contribution in [3.05, 3.63) is 53.3 Å². The van der Waals surface area contributed by atoms with Crippen LogP contribution >= 0.6 is 0 Å². The summed E-state index contributed by atoms with van der Waals surface area (Å²) >= 11 is 0. The fourth-order valence-corrected chi connectivity index (χ4v) is 5.51. The van der Waals surface area contributed by atoms with Crippen LogP contribution in [0.3, 0.4) is 0 Å². The summed E-state index contributed by atoms with van der Waals surface area (Å²) in [5, 5.41) is 2.59. The maximum atomic E-state index is 14.4. The van der Waals surface area contributed by atoms with Gasteiger partial charge in [0, 0.05) is 31.0 Å². The van der Waals surface area contributed by atoms with Crippen molar-refractivity contribution >= 4 is 33.2 Å². The van der Waals surface area contributed by atoms with E-state index in [1.54, 1.807) is 4.90 Å². The van der Waals surface area contributed by atoms with E-state index < -0.39 is 32.6 Å². The zero-order valence-corrected chi connectivity index (χ0v) is 19.3. The number of halogens is 1. The maximum Gasteiger partial charge on any atom is 0.246 e. The molecule has 1 atom stereocenters. The molecule has 2 amide bonds. The molecule has 2 aromatic rings. The monoisotopic (exact) mass is 475 g/mol. The number of aryl methyl sites for hydroxylation is 2. The summed E-state index contributed by atoms with van der Waals surface area (Å²) in [7, 11) is -4.08. The number of carbonyl (C=O) groups excluding carboxylic acids is 2. The first-order valence-electron chi connectivity index (χ1n) is 10.8. The number of ether oxygens (including phenoxy) is 1. The summed E-state index contributed by atoms with van der Waals surface area (Å²) in [6.07, 6.45) is 0.331. The van der Waals surface area contributed by atoms with E-state index in [1.165, 1.54) is 6.07 Å². The van der Waals surface area contributed by atoms with Crippen LogP contribution in [0.2, 0.25) is 0 Å². The van der Waals surface area contributed by atoms with Crippen LogP contribution in [0.4, 0.5) is 15.8 Å². The summed E-state index contributed by atoms with van der Waals surface area (Å²) < 4.78 is 46.5. The predicted octanol–water partition coefficient (Wildman–Crippen LogP) is 2.46. The van der Waals surface area contributed by atoms with Gasteiger partial charge in [-0.1, -0.05) is 6.07 Å². The third-order valence-electron chi connectivity index (χ3n) is 6.11. The molecule has 8 nitrogen and oxygen atoms in total. The Labute approximate surface area is 192 Å². The lowest BCUT2D eigenvalue weighted by atomic mass is 10.1. The fraction of sp³-hybridized carbons (Fsp3) is 0.391. The van der Waals surface area contributed by atoms with Gasteiger partial charge in [-0.05, 0) is 61.7 Å². The van der Waals surface area contributed by atoms with E-state index in [9.17, 15) is 22.4 Å². The van der Waals surface area contributed by atoms with Gasteiger partial charge in [-0.25, -0.2) is 12.8 Å². The lowest BCUT2D eigenvalue weighted by Gasteiger charge is -2.26. The van der Waals surface area contributed by atoms with Crippen LogP contribution in [-0.4, -0.2) is 57.4 Å². The van der Waals surface area contributed by atoms with E-state index in [-0.39, 0.29) is 37.9 Å². The molecule has 10 heteroatoms. The van der Waals surface area contributed by atoms with Crippen molar-refractivity contribution in [3.63, 3.8) is 0 Å². The molecule has 1 N–H and O–H groups in total. The van der Waals surface area contributed by atoms with Gasteiger partial charge in [-0.3, -0.25) is 9.59 Å². The Kier molecular flexibility index (Phi) is 6.51. The van der Waals surface area contributed by atoms with Crippen LogP contribution in [0, 0.1) is 25.6 Å². The quantitative estimate of drug-likeness (QED) is 0.671. The molecule has 0 spiro atoms. The van der Waals surface area contributed by atoms with Gasteiger partial charge in [0.05, 0.1) is 13.2 Å². The second-order valence-corrected chi connectivity index (χ2v) is 10.2. The molecule has 176 valence electrons. The van der Waals surface area contributed by atoms with Gasteiger partial charge in [0.15, 0.2) is 0 Å². The highest BCUT2D eigenvalue weighted by atomic mass is 32.2. The number of carbonyl (C=O) groups is 2. The van der Waals surface area contributed by atoms with Crippen molar-refractivity contribution in [1.82, 2.24) is 4.31 Å². The minimum Gasteiger partial charge on any atom is -0.379 e. The van der Waals surface area contributed by atoms with Crippen molar-refractivity contribution in [2.24, 2.45) is 5.92 Å². The Bertz CT molecular complexity index is 1190. The summed E-state index contributed by atoms with van der Waals surface area (Å²) in [6.45, 7) is 5.07. The first-order valence-corrected chi connectivity index (χ1v) is 12.2. The van der Waals surface area contributed by atoms with Crippen LogP contribution in [0.1, 0.15) is 17.5 Å². The number of rotatable bonds is 5. The molecule has 0 bridgehead atoms. The summed E-state index contributed by atoms with van der Waals surface area (Å²) in [6, 6.07) is 9.07. The third kappa shape index (κ3) is 4.64. The minimum atomic E-state index is -4.08. The van der Waals surface area contributed by atoms with Gasteiger partial charge in [0.1, 0.15) is 16.6 Å². The summed E-state index contributed by atoms with van der Waals surface area (Å²) in [4.78, 5) is 26.8. The lowest BCUT2D eigenvalue weighted by molar-refractivity contribution is -0.129. The Balaban J connectivity index is 1.50. The number of nitrogens with zero attached hydrogens (tertiary/aromatic N) is 2. The number of hydrogen-bond acceptors (Lipinski definition) is 5. The van der Waals surface area contributed by atoms with Crippen molar-refractivity contribution in [3.8, 4) is 0 Å². The largest absolute Gasteiger partial charge is 0.379 e. The highest BCUT2D eigenvalue weighted by molar-refractivity contribution is 7.89. The molecule has 2 heterocycles. The Morgan fingerprint density at radius 3 is 2.48 bits per heavy atom. The zero-order chi connectivity index (χ0) is 23.8. The molecule has 4 rings (SSSR count).